The fourth-order valence-electron chi connectivity index (χ4n) is 2.87. The van der Waals surface area contributed by atoms with Crippen LogP contribution in [0.15, 0.2) is 24.4 Å². The second kappa shape index (κ2) is 6.68. The highest BCUT2D eigenvalue weighted by Gasteiger charge is 2.35. The van der Waals surface area contributed by atoms with E-state index in [9.17, 15) is 0 Å². The molecule has 3 nitrogen and oxygen atoms in total. The minimum atomic E-state index is 0.220. The van der Waals surface area contributed by atoms with Gasteiger partial charge in [0.2, 0.25) is 0 Å². The van der Waals surface area contributed by atoms with Crippen LogP contribution in [0, 0.1) is 5.92 Å². The fourth-order valence-corrected chi connectivity index (χ4v) is 2.87. The van der Waals surface area contributed by atoms with Gasteiger partial charge in [-0.05, 0) is 64.8 Å². The average molecular weight is 275 g/mol. The summed E-state index contributed by atoms with van der Waals surface area (Å²) >= 11 is 0. The lowest BCUT2D eigenvalue weighted by Crippen LogP contribution is -2.52. The Balaban J connectivity index is 1.88. The van der Waals surface area contributed by atoms with Crippen LogP contribution in [0.2, 0.25) is 0 Å². The van der Waals surface area contributed by atoms with Crippen molar-refractivity contribution < 1.29 is 0 Å². The lowest BCUT2D eigenvalue weighted by atomic mass is 9.78. The van der Waals surface area contributed by atoms with E-state index in [-0.39, 0.29) is 5.54 Å². The average Bonchev–Trinajstić information content (AvgIpc) is 2.36. The van der Waals surface area contributed by atoms with Crippen molar-refractivity contribution in [2.75, 3.05) is 13.1 Å². The Kier molecular flexibility index (Phi) is 5.17. The lowest BCUT2D eigenvalue weighted by molar-refractivity contribution is 0.0553. The molecule has 0 aromatic carbocycles. The smallest absolute Gasteiger partial charge is 0.0544 e. The summed E-state index contributed by atoms with van der Waals surface area (Å²) in [5.74, 6) is 0.790. The topological polar surface area (TPSA) is 28.2 Å². The molecule has 1 aromatic heterocycles. The maximum absolute atomic E-state index is 4.46. The second-order valence-corrected chi connectivity index (χ2v) is 6.92. The molecule has 0 amide bonds. The van der Waals surface area contributed by atoms with Crippen molar-refractivity contribution in [3.05, 3.63) is 30.1 Å². The van der Waals surface area contributed by atoms with Gasteiger partial charge in [0.1, 0.15) is 0 Å². The maximum Gasteiger partial charge on any atom is 0.0544 e. The van der Waals surface area contributed by atoms with E-state index in [0.29, 0.717) is 0 Å². The summed E-state index contributed by atoms with van der Waals surface area (Å²) in [6, 6.07) is 6.91. The summed E-state index contributed by atoms with van der Waals surface area (Å²) in [5, 5.41) is 3.65. The third kappa shape index (κ3) is 4.29. The molecule has 1 fully saturated rings. The molecule has 2 rings (SSSR count). The minimum Gasteiger partial charge on any atom is -0.312 e. The van der Waals surface area contributed by atoms with Crippen molar-refractivity contribution in [2.24, 2.45) is 5.92 Å². The SMILES string of the molecule is CCN(Cc1ccccn1)C1CCC1CNC(C)(C)C. The van der Waals surface area contributed by atoms with Crippen LogP contribution in [0.3, 0.4) is 0 Å². The molecular formula is C17H29N3. The van der Waals surface area contributed by atoms with Crippen LogP contribution in [0.4, 0.5) is 0 Å². The van der Waals surface area contributed by atoms with Crippen LogP contribution in [0.1, 0.15) is 46.2 Å². The predicted octanol–water partition coefficient (Wildman–Crippen LogP) is 3.07. The van der Waals surface area contributed by atoms with Gasteiger partial charge in [-0.1, -0.05) is 13.0 Å². The molecule has 2 atom stereocenters. The minimum absolute atomic E-state index is 0.220. The first-order valence-electron chi connectivity index (χ1n) is 7.88. The van der Waals surface area contributed by atoms with Gasteiger partial charge in [-0.2, -0.15) is 0 Å². The van der Waals surface area contributed by atoms with E-state index < -0.39 is 0 Å². The molecule has 0 radical (unpaired) electrons. The summed E-state index contributed by atoms with van der Waals surface area (Å²) in [7, 11) is 0. The quantitative estimate of drug-likeness (QED) is 0.865. The Morgan fingerprint density at radius 2 is 2.10 bits per heavy atom. The van der Waals surface area contributed by atoms with Crippen molar-refractivity contribution in [2.45, 2.75) is 58.7 Å². The van der Waals surface area contributed by atoms with E-state index in [0.717, 1.165) is 31.6 Å². The van der Waals surface area contributed by atoms with Gasteiger partial charge in [0.15, 0.2) is 0 Å². The lowest BCUT2D eigenvalue weighted by Gasteiger charge is -2.45. The molecule has 20 heavy (non-hydrogen) atoms. The Bertz CT molecular complexity index is 396. The third-order valence-corrected chi connectivity index (χ3v) is 4.24. The fraction of sp³-hybridized carbons (Fsp3) is 0.706. The molecule has 112 valence electrons. The molecule has 0 bridgehead atoms. The molecule has 0 aliphatic heterocycles. The van der Waals surface area contributed by atoms with Gasteiger partial charge in [-0.25, -0.2) is 0 Å². The molecule has 1 aliphatic rings. The van der Waals surface area contributed by atoms with Crippen molar-refractivity contribution in [1.82, 2.24) is 15.2 Å². The largest absolute Gasteiger partial charge is 0.312 e. The summed E-state index contributed by atoms with van der Waals surface area (Å²) in [5.41, 5.74) is 1.40. The van der Waals surface area contributed by atoms with Gasteiger partial charge >= 0.3 is 0 Å². The van der Waals surface area contributed by atoms with Crippen LogP contribution >= 0.6 is 0 Å². The van der Waals surface area contributed by atoms with E-state index >= 15 is 0 Å². The molecule has 1 aliphatic carbocycles. The number of hydrogen-bond acceptors (Lipinski definition) is 3. The zero-order valence-corrected chi connectivity index (χ0v) is 13.4. The van der Waals surface area contributed by atoms with Gasteiger partial charge in [0.25, 0.3) is 0 Å². The monoisotopic (exact) mass is 275 g/mol. The van der Waals surface area contributed by atoms with Gasteiger partial charge < -0.3 is 5.32 Å². The zero-order valence-electron chi connectivity index (χ0n) is 13.4. The number of pyridine rings is 1. The normalized spacial score (nSPS) is 22.9. The molecule has 0 spiro atoms. The van der Waals surface area contributed by atoms with E-state index in [2.05, 4.69) is 55.0 Å². The highest BCUT2D eigenvalue weighted by Crippen LogP contribution is 2.32. The van der Waals surface area contributed by atoms with Crippen LogP contribution in [0.5, 0.6) is 0 Å². The standard InChI is InChI=1S/C17H29N3/c1-5-20(13-15-8-6-7-11-18-15)16-10-9-14(16)12-19-17(2,3)4/h6-8,11,14,16,19H,5,9-10,12-13H2,1-4H3. The second-order valence-electron chi connectivity index (χ2n) is 6.92. The molecule has 1 saturated carbocycles. The maximum atomic E-state index is 4.46. The van der Waals surface area contributed by atoms with Gasteiger partial charge in [-0.3, -0.25) is 9.88 Å². The van der Waals surface area contributed by atoms with Crippen LogP contribution < -0.4 is 5.32 Å². The van der Waals surface area contributed by atoms with E-state index in [4.69, 9.17) is 0 Å². The number of nitrogens with zero attached hydrogens (tertiary/aromatic N) is 2. The Morgan fingerprint density at radius 3 is 2.60 bits per heavy atom. The van der Waals surface area contributed by atoms with Gasteiger partial charge in [0, 0.05) is 24.3 Å². The first-order valence-corrected chi connectivity index (χ1v) is 7.88. The molecule has 3 heteroatoms. The highest BCUT2D eigenvalue weighted by molar-refractivity contribution is 5.04. The van der Waals surface area contributed by atoms with Crippen molar-refractivity contribution in [3.8, 4) is 0 Å². The molecule has 1 aromatic rings. The van der Waals surface area contributed by atoms with Gasteiger partial charge in [-0.15, -0.1) is 0 Å². The van der Waals surface area contributed by atoms with Crippen LogP contribution in [-0.4, -0.2) is 34.6 Å². The molecule has 1 N–H and O–H groups in total. The van der Waals surface area contributed by atoms with Crippen molar-refractivity contribution in [3.63, 3.8) is 0 Å². The van der Waals surface area contributed by atoms with Crippen LogP contribution in [-0.2, 0) is 6.54 Å². The Hall–Kier alpha value is -0.930. The Morgan fingerprint density at radius 1 is 1.30 bits per heavy atom. The first kappa shape index (κ1) is 15.5. The van der Waals surface area contributed by atoms with Gasteiger partial charge in [0.05, 0.1) is 5.69 Å². The van der Waals surface area contributed by atoms with E-state index in [1.54, 1.807) is 0 Å². The highest BCUT2D eigenvalue weighted by atomic mass is 15.2. The summed E-state index contributed by atoms with van der Waals surface area (Å²) in [6.45, 7) is 12.2. The number of nitrogens with one attached hydrogen (secondary N) is 1. The molecule has 0 saturated heterocycles. The summed E-state index contributed by atoms with van der Waals surface area (Å²) < 4.78 is 0. The third-order valence-electron chi connectivity index (χ3n) is 4.24. The molecule has 2 unspecified atom stereocenters. The predicted molar refractivity (Wildman–Crippen MR) is 84.6 cm³/mol. The number of hydrogen-bond donors (Lipinski definition) is 1. The van der Waals surface area contributed by atoms with Crippen molar-refractivity contribution in [1.29, 1.82) is 0 Å². The van der Waals surface area contributed by atoms with Crippen LogP contribution in [0.25, 0.3) is 0 Å². The first-order chi connectivity index (χ1) is 9.49. The van der Waals surface area contributed by atoms with Crippen molar-refractivity contribution >= 4 is 0 Å². The molecule has 1 heterocycles. The molecular weight excluding hydrogens is 246 g/mol. The number of rotatable bonds is 6. The zero-order chi connectivity index (χ0) is 14.6. The van der Waals surface area contributed by atoms with E-state index in [1.165, 1.54) is 18.5 Å². The van der Waals surface area contributed by atoms with E-state index in [1.807, 2.05) is 12.3 Å². The summed E-state index contributed by atoms with van der Waals surface area (Å²) in [4.78, 5) is 7.04. The number of aromatic nitrogens is 1. The summed E-state index contributed by atoms with van der Waals surface area (Å²) in [6.07, 6.45) is 4.58. The Labute approximate surface area is 123 Å².